The monoisotopic (exact) mass is 241 g/mol. The molecule has 1 unspecified atom stereocenters. The first-order valence-electron chi connectivity index (χ1n) is 5.43. The molecule has 2 rings (SSSR count). The van der Waals surface area contributed by atoms with Gasteiger partial charge in [0, 0.05) is 18.9 Å². The number of carbonyl (C=O) groups is 1. The van der Waals surface area contributed by atoms with Crippen LogP contribution in [-0.4, -0.2) is 25.5 Å². The number of benzene rings is 1. The van der Waals surface area contributed by atoms with E-state index in [4.69, 9.17) is 4.74 Å². The SMILES string of the molecule is O=C1CC(c2ccc(OCC(F)F)cc2)CN1. The molecule has 1 saturated heterocycles. The molecular formula is C12H13F2NO2. The van der Waals surface area contributed by atoms with E-state index in [2.05, 4.69) is 5.32 Å². The molecule has 17 heavy (non-hydrogen) atoms. The predicted molar refractivity (Wildman–Crippen MR) is 58.3 cm³/mol. The predicted octanol–water partition coefficient (Wildman–Crippen LogP) is 1.93. The quantitative estimate of drug-likeness (QED) is 0.874. The van der Waals surface area contributed by atoms with Gasteiger partial charge in [-0.1, -0.05) is 12.1 Å². The second kappa shape index (κ2) is 5.12. The summed E-state index contributed by atoms with van der Waals surface area (Å²) in [6, 6.07) is 6.93. The fraction of sp³-hybridized carbons (Fsp3) is 0.417. The highest BCUT2D eigenvalue weighted by Crippen LogP contribution is 2.24. The summed E-state index contributed by atoms with van der Waals surface area (Å²) in [4.78, 5) is 11.1. The van der Waals surface area contributed by atoms with Crippen LogP contribution >= 0.6 is 0 Å². The van der Waals surface area contributed by atoms with Crippen LogP contribution in [-0.2, 0) is 4.79 Å². The van der Waals surface area contributed by atoms with Crippen molar-refractivity contribution in [3.8, 4) is 5.75 Å². The van der Waals surface area contributed by atoms with E-state index in [1.807, 2.05) is 12.1 Å². The summed E-state index contributed by atoms with van der Waals surface area (Å²) in [5, 5.41) is 2.75. The molecule has 5 heteroatoms. The van der Waals surface area contributed by atoms with Crippen molar-refractivity contribution < 1.29 is 18.3 Å². The molecule has 92 valence electrons. The standard InChI is InChI=1S/C12H13F2NO2/c13-11(14)7-17-10-3-1-8(2-4-10)9-5-12(16)15-6-9/h1-4,9,11H,5-7H2,(H,15,16). The van der Waals surface area contributed by atoms with Crippen molar-refractivity contribution in [2.75, 3.05) is 13.2 Å². The Labute approximate surface area is 97.8 Å². The number of halogens is 2. The van der Waals surface area contributed by atoms with Crippen LogP contribution < -0.4 is 10.1 Å². The number of alkyl halides is 2. The van der Waals surface area contributed by atoms with Gasteiger partial charge in [-0.25, -0.2) is 8.78 Å². The first-order chi connectivity index (χ1) is 8.15. The zero-order chi connectivity index (χ0) is 12.3. The molecule has 1 amide bonds. The first-order valence-corrected chi connectivity index (χ1v) is 5.43. The van der Waals surface area contributed by atoms with E-state index in [9.17, 15) is 13.6 Å². The van der Waals surface area contributed by atoms with E-state index in [0.717, 1.165) is 5.56 Å². The van der Waals surface area contributed by atoms with Gasteiger partial charge in [0.05, 0.1) is 0 Å². The van der Waals surface area contributed by atoms with E-state index in [1.54, 1.807) is 12.1 Å². The number of nitrogens with one attached hydrogen (secondary N) is 1. The number of carbonyl (C=O) groups excluding carboxylic acids is 1. The van der Waals surface area contributed by atoms with Crippen LogP contribution in [0.4, 0.5) is 8.78 Å². The lowest BCUT2D eigenvalue weighted by molar-refractivity contribution is -0.119. The minimum absolute atomic E-state index is 0.0491. The molecule has 0 radical (unpaired) electrons. The van der Waals surface area contributed by atoms with Crippen molar-refractivity contribution in [3.05, 3.63) is 29.8 Å². The Morgan fingerprint density at radius 3 is 2.59 bits per heavy atom. The largest absolute Gasteiger partial charge is 0.488 e. The van der Waals surface area contributed by atoms with Gasteiger partial charge in [-0.15, -0.1) is 0 Å². The van der Waals surface area contributed by atoms with Gasteiger partial charge in [-0.3, -0.25) is 4.79 Å². The molecule has 0 saturated carbocycles. The number of hydrogen-bond acceptors (Lipinski definition) is 2. The Morgan fingerprint density at radius 1 is 1.35 bits per heavy atom. The van der Waals surface area contributed by atoms with Gasteiger partial charge in [-0.2, -0.15) is 0 Å². The zero-order valence-electron chi connectivity index (χ0n) is 9.16. The topological polar surface area (TPSA) is 38.3 Å². The van der Waals surface area contributed by atoms with Gasteiger partial charge in [0.1, 0.15) is 12.4 Å². The maximum atomic E-state index is 11.9. The molecule has 0 bridgehead atoms. The summed E-state index contributed by atoms with van der Waals surface area (Å²) >= 11 is 0. The van der Waals surface area contributed by atoms with Crippen LogP contribution in [0, 0.1) is 0 Å². The van der Waals surface area contributed by atoms with Gasteiger partial charge in [0.15, 0.2) is 0 Å². The van der Waals surface area contributed by atoms with Crippen molar-refractivity contribution in [2.24, 2.45) is 0 Å². The van der Waals surface area contributed by atoms with Crippen molar-refractivity contribution in [2.45, 2.75) is 18.8 Å². The average Bonchev–Trinajstić information content (AvgIpc) is 2.74. The fourth-order valence-corrected chi connectivity index (χ4v) is 1.84. The van der Waals surface area contributed by atoms with Gasteiger partial charge in [0.25, 0.3) is 6.43 Å². The minimum Gasteiger partial charge on any atom is -0.488 e. The Bertz CT molecular complexity index is 392. The van der Waals surface area contributed by atoms with Crippen LogP contribution in [0.2, 0.25) is 0 Å². The van der Waals surface area contributed by atoms with Crippen LogP contribution in [0.5, 0.6) is 5.75 Å². The van der Waals surface area contributed by atoms with Crippen LogP contribution in [0.3, 0.4) is 0 Å². The number of amides is 1. The van der Waals surface area contributed by atoms with Crippen LogP contribution in [0.15, 0.2) is 24.3 Å². The van der Waals surface area contributed by atoms with Crippen molar-refractivity contribution in [3.63, 3.8) is 0 Å². The molecule has 1 aliphatic heterocycles. The lowest BCUT2D eigenvalue weighted by Gasteiger charge is -2.09. The molecule has 0 spiro atoms. The summed E-state index contributed by atoms with van der Waals surface area (Å²) in [6.07, 6.45) is -1.98. The van der Waals surface area contributed by atoms with Crippen molar-refractivity contribution in [1.82, 2.24) is 5.32 Å². The Morgan fingerprint density at radius 2 is 2.06 bits per heavy atom. The Kier molecular flexibility index (Phi) is 3.56. The summed E-state index contributed by atoms with van der Waals surface area (Å²) in [6.45, 7) is 0.0406. The molecular weight excluding hydrogens is 228 g/mol. The smallest absolute Gasteiger partial charge is 0.272 e. The molecule has 1 aliphatic rings. The summed E-state index contributed by atoms with van der Waals surface area (Å²) in [5.74, 6) is 0.644. The Balaban J connectivity index is 1.95. The highest BCUT2D eigenvalue weighted by Gasteiger charge is 2.22. The van der Waals surface area contributed by atoms with E-state index >= 15 is 0 Å². The first kappa shape index (κ1) is 11.8. The number of rotatable bonds is 4. The highest BCUT2D eigenvalue weighted by molar-refractivity contribution is 5.79. The third-order valence-corrected chi connectivity index (χ3v) is 2.70. The second-order valence-electron chi connectivity index (χ2n) is 3.98. The van der Waals surface area contributed by atoms with Gasteiger partial charge in [0.2, 0.25) is 5.91 Å². The van der Waals surface area contributed by atoms with E-state index in [0.29, 0.717) is 18.7 Å². The van der Waals surface area contributed by atoms with Gasteiger partial charge in [-0.05, 0) is 17.7 Å². The maximum Gasteiger partial charge on any atom is 0.272 e. The molecule has 1 aromatic carbocycles. The Hall–Kier alpha value is -1.65. The average molecular weight is 241 g/mol. The van der Waals surface area contributed by atoms with Gasteiger partial charge >= 0.3 is 0 Å². The lowest BCUT2D eigenvalue weighted by atomic mass is 9.98. The zero-order valence-corrected chi connectivity index (χ0v) is 9.16. The fourth-order valence-electron chi connectivity index (χ4n) is 1.84. The van der Waals surface area contributed by atoms with E-state index in [-0.39, 0.29) is 11.8 Å². The molecule has 1 N–H and O–H groups in total. The maximum absolute atomic E-state index is 11.9. The molecule has 3 nitrogen and oxygen atoms in total. The normalized spacial score (nSPS) is 19.5. The summed E-state index contributed by atoms with van der Waals surface area (Å²) < 4.78 is 28.7. The number of ether oxygens (including phenoxy) is 1. The lowest BCUT2D eigenvalue weighted by Crippen LogP contribution is -2.13. The van der Waals surface area contributed by atoms with E-state index in [1.165, 1.54) is 0 Å². The highest BCUT2D eigenvalue weighted by atomic mass is 19.3. The molecule has 1 aromatic rings. The minimum atomic E-state index is -2.47. The van der Waals surface area contributed by atoms with Crippen LogP contribution in [0.1, 0.15) is 17.9 Å². The second-order valence-corrected chi connectivity index (χ2v) is 3.98. The summed E-state index contributed by atoms with van der Waals surface area (Å²) in [5.41, 5.74) is 1.02. The molecule has 1 heterocycles. The van der Waals surface area contributed by atoms with Crippen molar-refractivity contribution >= 4 is 5.91 Å². The third-order valence-electron chi connectivity index (χ3n) is 2.70. The number of hydrogen-bond donors (Lipinski definition) is 1. The van der Waals surface area contributed by atoms with Crippen molar-refractivity contribution in [1.29, 1.82) is 0 Å². The third kappa shape index (κ3) is 3.15. The molecule has 0 aromatic heterocycles. The summed E-state index contributed by atoms with van der Waals surface area (Å²) in [7, 11) is 0. The van der Waals surface area contributed by atoms with Crippen LogP contribution in [0.25, 0.3) is 0 Å². The van der Waals surface area contributed by atoms with E-state index < -0.39 is 13.0 Å². The molecule has 1 atom stereocenters. The molecule has 1 fully saturated rings. The van der Waals surface area contributed by atoms with Gasteiger partial charge < -0.3 is 10.1 Å². The molecule has 0 aliphatic carbocycles.